The monoisotopic (exact) mass is 354 g/mol. The van der Waals surface area contributed by atoms with Gasteiger partial charge in [0.05, 0.1) is 0 Å². The topological polar surface area (TPSA) is 61.8 Å². The smallest absolute Gasteiger partial charge is 0.374 e. The van der Waals surface area contributed by atoms with E-state index in [2.05, 4.69) is 0 Å². The van der Waals surface area contributed by atoms with E-state index in [0.29, 0.717) is 6.42 Å². The molecule has 1 atom stereocenters. The van der Waals surface area contributed by atoms with E-state index in [1.54, 1.807) is 0 Å². The first-order chi connectivity index (χ1) is 8.71. The van der Waals surface area contributed by atoms with Crippen LogP contribution in [0, 0.1) is 0 Å². The number of ether oxygens (including phenoxy) is 1. The number of carbonyl (C=O) groups excluding carboxylic acids is 1. The molecule has 0 aromatic carbocycles. The van der Waals surface area contributed by atoms with Gasteiger partial charge in [0.1, 0.15) is 0 Å². The van der Waals surface area contributed by atoms with Gasteiger partial charge in [-0.05, 0) is 6.42 Å². The van der Waals surface area contributed by atoms with E-state index in [4.69, 9.17) is 48.6 Å². The summed E-state index contributed by atoms with van der Waals surface area (Å²) in [4.78, 5) is 11.6. The average Bonchev–Trinajstić information content (AvgIpc) is 2.34. The minimum Gasteiger partial charge on any atom is -0.445 e. The summed E-state index contributed by atoms with van der Waals surface area (Å²) < 4.78 is 24.4. The van der Waals surface area contributed by atoms with Gasteiger partial charge in [-0.25, -0.2) is 0 Å². The maximum Gasteiger partial charge on any atom is 0.374 e. The molecule has 5 nitrogen and oxygen atoms in total. The molecular formula is C10H18Cl3O5P. The van der Waals surface area contributed by atoms with Crippen molar-refractivity contribution in [3.63, 3.8) is 0 Å². The Balaban J connectivity index is 4.81. The number of unbranched alkanes of at least 4 members (excludes halogenated alkanes) is 2. The van der Waals surface area contributed by atoms with Gasteiger partial charge in [0.15, 0.2) is 0 Å². The normalized spacial score (nSPS) is 14.2. The van der Waals surface area contributed by atoms with E-state index in [9.17, 15) is 9.36 Å². The Morgan fingerprint density at radius 3 is 2.11 bits per heavy atom. The van der Waals surface area contributed by atoms with E-state index in [1.165, 1.54) is 0 Å². The number of alkyl halides is 3. The van der Waals surface area contributed by atoms with E-state index in [-0.39, 0.29) is 6.42 Å². The van der Waals surface area contributed by atoms with Crippen LogP contribution in [0.3, 0.4) is 0 Å². The van der Waals surface area contributed by atoms with Gasteiger partial charge in [-0.1, -0.05) is 54.6 Å². The van der Waals surface area contributed by atoms with Crippen LogP contribution in [0.4, 0.5) is 0 Å². The van der Waals surface area contributed by atoms with Gasteiger partial charge in [0.2, 0.25) is 9.64 Å². The van der Waals surface area contributed by atoms with E-state index in [0.717, 1.165) is 27.1 Å². The molecule has 0 bridgehead atoms. The van der Waals surface area contributed by atoms with E-state index < -0.39 is 23.2 Å². The summed E-state index contributed by atoms with van der Waals surface area (Å²) >= 11 is 17.0. The fourth-order valence-corrected chi connectivity index (χ4v) is 3.63. The van der Waals surface area contributed by atoms with Crippen LogP contribution < -0.4 is 0 Å². The lowest BCUT2D eigenvalue weighted by Crippen LogP contribution is -2.32. The minimum atomic E-state index is -3.84. The van der Waals surface area contributed by atoms with Crippen LogP contribution in [-0.2, 0) is 23.1 Å². The van der Waals surface area contributed by atoms with Gasteiger partial charge in [-0.3, -0.25) is 9.36 Å². The molecule has 0 spiro atoms. The van der Waals surface area contributed by atoms with Gasteiger partial charge in [0, 0.05) is 20.6 Å². The van der Waals surface area contributed by atoms with Gasteiger partial charge in [0.25, 0.3) is 0 Å². The van der Waals surface area contributed by atoms with E-state index >= 15 is 0 Å². The highest BCUT2D eigenvalue weighted by Gasteiger charge is 2.51. The second-order valence-electron chi connectivity index (χ2n) is 3.75. The Labute approximate surface area is 128 Å². The summed E-state index contributed by atoms with van der Waals surface area (Å²) in [5.74, 6) is -2.21. The summed E-state index contributed by atoms with van der Waals surface area (Å²) in [7, 11) is -1.60. The lowest BCUT2D eigenvalue weighted by atomic mass is 10.2. The Bertz CT molecular complexity index is 324. The first-order valence-corrected chi connectivity index (χ1v) is 8.43. The first kappa shape index (κ1) is 19.5. The summed E-state index contributed by atoms with van der Waals surface area (Å²) in [5.41, 5.74) is 0. The number of rotatable bonds is 8. The van der Waals surface area contributed by atoms with Gasteiger partial charge < -0.3 is 13.8 Å². The van der Waals surface area contributed by atoms with E-state index in [1.807, 2.05) is 6.92 Å². The van der Waals surface area contributed by atoms with Crippen molar-refractivity contribution in [2.24, 2.45) is 0 Å². The molecule has 0 aliphatic carbocycles. The van der Waals surface area contributed by atoms with Gasteiger partial charge >= 0.3 is 13.6 Å². The highest BCUT2D eigenvalue weighted by atomic mass is 35.6. The maximum absolute atomic E-state index is 12.2. The van der Waals surface area contributed by atoms with Crippen LogP contribution in [0.5, 0.6) is 0 Å². The second kappa shape index (κ2) is 8.71. The molecule has 0 aromatic heterocycles. The zero-order chi connectivity index (χ0) is 15.1. The molecule has 0 fully saturated rings. The SMILES string of the molecule is CCCCCC(=O)OC(C(Cl)(Cl)Cl)P(=O)(OC)OC. The Morgan fingerprint density at radius 1 is 1.21 bits per heavy atom. The van der Waals surface area contributed by atoms with Crippen molar-refractivity contribution >= 4 is 48.4 Å². The summed E-state index contributed by atoms with van der Waals surface area (Å²) in [5, 5.41) is 0. The Hall–Kier alpha value is 0.490. The molecule has 0 amide bonds. The predicted molar refractivity (Wildman–Crippen MR) is 75.9 cm³/mol. The number of esters is 1. The van der Waals surface area contributed by atoms with Crippen LogP contribution in [0.1, 0.15) is 32.6 Å². The largest absolute Gasteiger partial charge is 0.445 e. The maximum atomic E-state index is 12.2. The van der Waals surface area contributed by atoms with Gasteiger partial charge in [-0.2, -0.15) is 0 Å². The number of carbonyl (C=O) groups is 1. The summed E-state index contributed by atoms with van der Waals surface area (Å²) in [6.45, 7) is 2.00. The van der Waals surface area contributed by atoms with Crippen LogP contribution >= 0.6 is 42.4 Å². The molecule has 19 heavy (non-hydrogen) atoms. The average molecular weight is 356 g/mol. The Kier molecular flexibility index (Phi) is 8.93. The molecule has 0 saturated heterocycles. The zero-order valence-electron chi connectivity index (χ0n) is 11.0. The van der Waals surface area contributed by atoms with Crippen LogP contribution in [0.2, 0.25) is 0 Å². The molecule has 0 aliphatic rings. The predicted octanol–water partition coefficient (Wildman–Crippen LogP) is 4.29. The third-order valence-electron chi connectivity index (χ3n) is 2.30. The van der Waals surface area contributed by atoms with Crippen molar-refractivity contribution in [3.05, 3.63) is 0 Å². The number of halogens is 3. The molecule has 114 valence electrons. The van der Waals surface area contributed by atoms with Crippen molar-refractivity contribution in [3.8, 4) is 0 Å². The minimum absolute atomic E-state index is 0.151. The van der Waals surface area contributed by atoms with Crippen molar-refractivity contribution in [2.45, 2.75) is 42.2 Å². The van der Waals surface area contributed by atoms with Crippen molar-refractivity contribution in [1.82, 2.24) is 0 Å². The highest BCUT2D eigenvalue weighted by Crippen LogP contribution is 2.59. The highest BCUT2D eigenvalue weighted by molar-refractivity contribution is 7.55. The standard InChI is InChI=1S/C10H18Cl3O5P/c1-4-5-6-7-8(14)18-9(10(11,12)13)19(15,16-2)17-3/h9H,4-7H2,1-3H3. The van der Waals surface area contributed by atoms with Crippen LogP contribution in [0.15, 0.2) is 0 Å². The Morgan fingerprint density at radius 2 is 1.74 bits per heavy atom. The molecule has 0 heterocycles. The van der Waals surface area contributed by atoms with Crippen molar-refractivity contribution < 1.29 is 23.1 Å². The van der Waals surface area contributed by atoms with Crippen molar-refractivity contribution in [2.75, 3.05) is 14.2 Å². The molecule has 0 radical (unpaired) electrons. The fraction of sp³-hybridized carbons (Fsp3) is 0.900. The molecule has 0 N–H and O–H groups in total. The first-order valence-electron chi connectivity index (χ1n) is 5.68. The number of hydrogen-bond donors (Lipinski definition) is 0. The second-order valence-corrected chi connectivity index (χ2v) is 8.39. The quantitative estimate of drug-likeness (QED) is 0.281. The molecule has 0 saturated carbocycles. The van der Waals surface area contributed by atoms with Crippen LogP contribution in [-0.4, -0.2) is 29.8 Å². The molecule has 9 heteroatoms. The zero-order valence-corrected chi connectivity index (χ0v) is 14.2. The molecule has 0 aliphatic heterocycles. The molecule has 0 aromatic rings. The molecule has 1 unspecified atom stereocenters. The fourth-order valence-electron chi connectivity index (χ4n) is 1.28. The van der Waals surface area contributed by atoms with Crippen molar-refractivity contribution in [1.29, 1.82) is 0 Å². The molecule has 0 rings (SSSR count). The summed E-state index contributed by atoms with van der Waals surface area (Å²) in [6, 6.07) is 0. The summed E-state index contributed by atoms with van der Waals surface area (Å²) in [6.07, 6.45) is 2.63. The third kappa shape index (κ3) is 6.65. The number of hydrogen-bond acceptors (Lipinski definition) is 5. The molecular weight excluding hydrogens is 337 g/mol. The van der Waals surface area contributed by atoms with Gasteiger partial charge in [-0.15, -0.1) is 0 Å². The lowest BCUT2D eigenvalue weighted by molar-refractivity contribution is -0.146. The third-order valence-corrected chi connectivity index (χ3v) is 5.44. The lowest BCUT2D eigenvalue weighted by Gasteiger charge is -2.28. The van der Waals surface area contributed by atoms with Crippen LogP contribution in [0.25, 0.3) is 0 Å².